The summed E-state index contributed by atoms with van der Waals surface area (Å²) in [6, 6.07) is 16.8. The Morgan fingerprint density at radius 1 is 1.17 bits per heavy atom. The van der Waals surface area contributed by atoms with Crippen LogP contribution < -0.4 is 10.6 Å². The Labute approximate surface area is 141 Å². The maximum Gasteiger partial charge on any atom is 0.226 e. The molecule has 1 unspecified atom stereocenters. The van der Waals surface area contributed by atoms with Crippen molar-refractivity contribution in [2.75, 3.05) is 11.4 Å². The molecule has 4 heteroatoms. The van der Waals surface area contributed by atoms with Crippen molar-refractivity contribution in [1.29, 1.82) is 0 Å². The zero-order chi connectivity index (χ0) is 16.5. The summed E-state index contributed by atoms with van der Waals surface area (Å²) in [7, 11) is 0. The van der Waals surface area contributed by atoms with Crippen LogP contribution in [-0.4, -0.2) is 17.6 Å². The Balaban J connectivity index is 1.57. The molecule has 1 atom stereocenters. The van der Waals surface area contributed by atoms with E-state index in [-0.39, 0.29) is 6.04 Å². The van der Waals surface area contributed by atoms with Crippen molar-refractivity contribution in [1.82, 2.24) is 4.98 Å². The molecule has 2 heterocycles. The number of nitrogens with zero attached hydrogens (tertiary/aromatic N) is 2. The van der Waals surface area contributed by atoms with Gasteiger partial charge in [-0.2, -0.15) is 0 Å². The normalized spacial score (nSPS) is 16.9. The van der Waals surface area contributed by atoms with Crippen molar-refractivity contribution < 1.29 is 4.42 Å². The smallest absolute Gasteiger partial charge is 0.226 e. The maximum absolute atomic E-state index is 6.22. The van der Waals surface area contributed by atoms with E-state index in [1.165, 1.54) is 16.8 Å². The van der Waals surface area contributed by atoms with Crippen LogP contribution in [-0.2, 0) is 13.0 Å². The van der Waals surface area contributed by atoms with Crippen LogP contribution in [0, 0.1) is 6.92 Å². The summed E-state index contributed by atoms with van der Waals surface area (Å²) in [5.74, 6) is 0.666. The predicted molar refractivity (Wildman–Crippen MR) is 95.8 cm³/mol. The van der Waals surface area contributed by atoms with E-state index in [2.05, 4.69) is 53.2 Å². The second-order valence-corrected chi connectivity index (χ2v) is 6.48. The lowest BCUT2D eigenvalue weighted by Gasteiger charge is -2.34. The lowest BCUT2D eigenvalue weighted by Crippen LogP contribution is -2.42. The summed E-state index contributed by atoms with van der Waals surface area (Å²) < 4.78 is 5.68. The Kier molecular flexibility index (Phi) is 3.82. The lowest BCUT2D eigenvalue weighted by atomic mass is 9.98. The molecule has 1 aliphatic rings. The van der Waals surface area contributed by atoms with Crippen molar-refractivity contribution in [2.45, 2.75) is 25.9 Å². The molecule has 0 spiro atoms. The highest BCUT2D eigenvalue weighted by atomic mass is 16.3. The molecular weight excluding hydrogens is 298 g/mol. The van der Waals surface area contributed by atoms with Gasteiger partial charge in [0.15, 0.2) is 0 Å². The second kappa shape index (κ2) is 6.13. The van der Waals surface area contributed by atoms with Crippen LogP contribution in [0.3, 0.4) is 0 Å². The molecule has 122 valence electrons. The second-order valence-electron chi connectivity index (χ2n) is 6.48. The largest absolute Gasteiger partial charge is 0.444 e. The first-order valence-corrected chi connectivity index (χ1v) is 8.29. The van der Waals surface area contributed by atoms with E-state index in [0.717, 1.165) is 24.2 Å². The molecule has 0 saturated carbocycles. The highest BCUT2D eigenvalue weighted by Gasteiger charge is 2.22. The Morgan fingerprint density at radius 3 is 2.79 bits per heavy atom. The number of hydrogen-bond acceptors (Lipinski definition) is 4. The molecule has 0 bridgehead atoms. The van der Waals surface area contributed by atoms with Crippen LogP contribution in [0.2, 0.25) is 0 Å². The van der Waals surface area contributed by atoms with E-state index in [0.29, 0.717) is 12.4 Å². The van der Waals surface area contributed by atoms with Crippen LogP contribution in [0.25, 0.3) is 11.5 Å². The molecule has 0 radical (unpaired) electrons. The highest BCUT2D eigenvalue weighted by molar-refractivity contribution is 5.57. The SMILES string of the molecule is Cc1ccc(-c2nc(CN3CC(N)Cc4ccccc43)co2)cc1. The fraction of sp³-hybridized carbons (Fsp3) is 0.250. The average Bonchev–Trinajstić information content (AvgIpc) is 3.04. The van der Waals surface area contributed by atoms with Crippen LogP contribution in [0.5, 0.6) is 0 Å². The number of para-hydroxylation sites is 1. The number of nitrogens with two attached hydrogens (primary N) is 1. The van der Waals surface area contributed by atoms with Gasteiger partial charge >= 0.3 is 0 Å². The Morgan fingerprint density at radius 2 is 1.96 bits per heavy atom. The van der Waals surface area contributed by atoms with Gasteiger partial charge in [0.05, 0.1) is 12.2 Å². The van der Waals surface area contributed by atoms with Crippen molar-refractivity contribution in [3.8, 4) is 11.5 Å². The number of hydrogen-bond donors (Lipinski definition) is 1. The van der Waals surface area contributed by atoms with Crippen molar-refractivity contribution in [3.05, 3.63) is 71.6 Å². The molecule has 2 N–H and O–H groups in total. The number of benzene rings is 2. The van der Waals surface area contributed by atoms with Gasteiger partial charge in [0.1, 0.15) is 6.26 Å². The number of oxazole rings is 1. The zero-order valence-electron chi connectivity index (χ0n) is 13.8. The summed E-state index contributed by atoms with van der Waals surface area (Å²) in [5.41, 5.74) is 11.9. The Bertz CT molecular complexity index is 838. The summed E-state index contributed by atoms with van der Waals surface area (Å²) in [6.45, 7) is 3.62. The fourth-order valence-corrected chi connectivity index (χ4v) is 3.27. The molecule has 2 aromatic carbocycles. The standard InChI is InChI=1S/C20H21N3O/c1-14-6-8-15(9-7-14)20-22-18(13-24-20)12-23-11-17(21)10-16-4-2-3-5-19(16)23/h2-9,13,17H,10-12,21H2,1H3. The van der Waals surface area contributed by atoms with Crippen molar-refractivity contribution >= 4 is 5.69 Å². The predicted octanol–water partition coefficient (Wildman–Crippen LogP) is 3.54. The van der Waals surface area contributed by atoms with Gasteiger partial charge in [-0.15, -0.1) is 0 Å². The third kappa shape index (κ3) is 2.93. The van der Waals surface area contributed by atoms with Gasteiger partial charge in [-0.25, -0.2) is 4.98 Å². The summed E-state index contributed by atoms with van der Waals surface area (Å²) in [5, 5.41) is 0. The molecule has 0 fully saturated rings. The van der Waals surface area contributed by atoms with Gasteiger partial charge in [-0.05, 0) is 37.1 Å². The quantitative estimate of drug-likeness (QED) is 0.802. The molecule has 1 aromatic heterocycles. The van der Waals surface area contributed by atoms with Gasteiger partial charge in [-0.1, -0.05) is 35.9 Å². The molecular formula is C20H21N3O. The number of anilines is 1. The van der Waals surface area contributed by atoms with Crippen LogP contribution >= 0.6 is 0 Å². The van der Waals surface area contributed by atoms with Gasteiger partial charge in [0.25, 0.3) is 0 Å². The molecule has 4 nitrogen and oxygen atoms in total. The zero-order valence-corrected chi connectivity index (χ0v) is 13.8. The van der Waals surface area contributed by atoms with E-state index in [9.17, 15) is 0 Å². The first-order valence-electron chi connectivity index (χ1n) is 8.29. The van der Waals surface area contributed by atoms with E-state index in [1.54, 1.807) is 6.26 Å². The van der Waals surface area contributed by atoms with Gasteiger partial charge < -0.3 is 15.1 Å². The molecule has 0 aliphatic carbocycles. The molecule has 3 aromatic rings. The van der Waals surface area contributed by atoms with Crippen LogP contribution in [0.15, 0.2) is 59.2 Å². The molecule has 0 saturated heterocycles. The van der Waals surface area contributed by atoms with E-state index < -0.39 is 0 Å². The topological polar surface area (TPSA) is 55.3 Å². The minimum Gasteiger partial charge on any atom is -0.444 e. The first kappa shape index (κ1) is 15.0. The Hall–Kier alpha value is -2.59. The number of aryl methyl sites for hydroxylation is 1. The molecule has 0 amide bonds. The number of aromatic nitrogens is 1. The summed E-state index contributed by atoms with van der Waals surface area (Å²) in [6.07, 6.45) is 2.68. The van der Waals surface area contributed by atoms with Crippen molar-refractivity contribution in [2.24, 2.45) is 5.73 Å². The van der Waals surface area contributed by atoms with E-state index >= 15 is 0 Å². The molecule has 24 heavy (non-hydrogen) atoms. The van der Waals surface area contributed by atoms with E-state index in [1.807, 2.05) is 12.1 Å². The summed E-state index contributed by atoms with van der Waals surface area (Å²) in [4.78, 5) is 6.95. The number of fused-ring (bicyclic) bond motifs is 1. The highest BCUT2D eigenvalue weighted by Crippen LogP contribution is 2.28. The van der Waals surface area contributed by atoms with Gasteiger partial charge in [0.2, 0.25) is 5.89 Å². The minimum absolute atomic E-state index is 0.156. The lowest BCUT2D eigenvalue weighted by molar-refractivity contribution is 0.568. The van der Waals surface area contributed by atoms with Gasteiger partial charge in [0, 0.05) is 23.8 Å². The molecule has 1 aliphatic heterocycles. The fourth-order valence-electron chi connectivity index (χ4n) is 3.27. The molecule has 4 rings (SSSR count). The van der Waals surface area contributed by atoms with Crippen molar-refractivity contribution in [3.63, 3.8) is 0 Å². The van der Waals surface area contributed by atoms with Crippen LogP contribution in [0.4, 0.5) is 5.69 Å². The third-order valence-electron chi connectivity index (χ3n) is 4.47. The monoisotopic (exact) mass is 319 g/mol. The first-order chi connectivity index (χ1) is 11.7. The van der Waals surface area contributed by atoms with E-state index in [4.69, 9.17) is 10.2 Å². The minimum atomic E-state index is 0.156. The van der Waals surface area contributed by atoms with Gasteiger partial charge in [-0.3, -0.25) is 0 Å². The third-order valence-corrected chi connectivity index (χ3v) is 4.47. The summed E-state index contributed by atoms with van der Waals surface area (Å²) >= 11 is 0. The number of rotatable bonds is 3. The van der Waals surface area contributed by atoms with Crippen LogP contribution in [0.1, 0.15) is 16.8 Å². The maximum atomic E-state index is 6.22. The average molecular weight is 319 g/mol.